The number of ether oxygens (including phenoxy) is 3. The van der Waals surface area contributed by atoms with Gasteiger partial charge in [-0.2, -0.15) is 0 Å². The third-order valence-electron chi connectivity index (χ3n) is 2.60. The highest BCUT2D eigenvalue weighted by atomic mass is 16.5. The van der Waals surface area contributed by atoms with Gasteiger partial charge in [0.1, 0.15) is 0 Å². The van der Waals surface area contributed by atoms with Gasteiger partial charge in [0, 0.05) is 26.7 Å². The predicted molar refractivity (Wildman–Crippen MR) is 72.1 cm³/mol. The van der Waals surface area contributed by atoms with Gasteiger partial charge in [-0.1, -0.05) is 6.07 Å². The van der Waals surface area contributed by atoms with E-state index in [2.05, 4.69) is 0 Å². The third kappa shape index (κ3) is 4.55. The number of methoxy groups -OCH3 is 1. The summed E-state index contributed by atoms with van der Waals surface area (Å²) in [6.45, 7) is 5.77. The molecule has 0 amide bonds. The Morgan fingerprint density at radius 3 is 2.67 bits per heavy atom. The number of hydrogen-bond donors (Lipinski definition) is 1. The van der Waals surface area contributed by atoms with E-state index in [-0.39, 0.29) is 6.10 Å². The third-order valence-corrected chi connectivity index (χ3v) is 2.60. The number of nitrogens with two attached hydrogens (primary N) is 1. The van der Waals surface area contributed by atoms with Gasteiger partial charge in [-0.25, -0.2) is 0 Å². The summed E-state index contributed by atoms with van der Waals surface area (Å²) in [6, 6.07) is 5.80. The molecular weight excluding hydrogens is 230 g/mol. The molecule has 0 aromatic heterocycles. The molecule has 1 aromatic rings. The van der Waals surface area contributed by atoms with Crippen molar-refractivity contribution >= 4 is 0 Å². The average molecular weight is 253 g/mol. The Bertz CT molecular complexity index is 355. The van der Waals surface area contributed by atoms with Gasteiger partial charge in [0.05, 0.1) is 12.7 Å². The molecular formula is C14H23NO3. The average Bonchev–Trinajstić information content (AvgIpc) is 2.38. The molecule has 4 nitrogen and oxygen atoms in total. The molecule has 0 heterocycles. The molecule has 4 heteroatoms. The van der Waals surface area contributed by atoms with Gasteiger partial charge < -0.3 is 19.9 Å². The lowest BCUT2D eigenvalue weighted by atomic mass is 10.2. The zero-order valence-electron chi connectivity index (χ0n) is 11.4. The van der Waals surface area contributed by atoms with Crippen molar-refractivity contribution in [3.63, 3.8) is 0 Å². The first kappa shape index (κ1) is 14.8. The zero-order chi connectivity index (χ0) is 13.4. The molecule has 0 radical (unpaired) electrons. The Morgan fingerprint density at radius 2 is 2.06 bits per heavy atom. The molecule has 0 aliphatic heterocycles. The van der Waals surface area contributed by atoms with Crippen LogP contribution in [0.15, 0.2) is 18.2 Å². The van der Waals surface area contributed by atoms with Crippen molar-refractivity contribution < 1.29 is 14.2 Å². The fraction of sp³-hybridized carbons (Fsp3) is 0.571. The van der Waals surface area contributed by atoms with E-state index < -0.39 is 0 Å². The normalized spacial score (nSPS) is 12.2. The maximum Gasteiger partial charge on any atom is 0.161 e. The van der Waals surface area contributed by atoms with Crippen molar-refractivity contribution in [2.75, 3.05) is 20.3 Å². The van der Waals surface area contributed by atoms with Crippen molar-refractivity contribution in [2.45, 2.75) is 32.9 Å². The van der Waals surface area contributed by atoms with E-state index in [1.54, 1.807) is 7.11 Å². The molecule has 0 bridgehead atoms. The molecule has 0 saturated carbocycles. The van der Waals surface area contributed by atoms with Crippen LogP contribution >= 0.6 is 0 Å². The quantitative estimate of drug-likeness (QED) is 0.772. The molecule has 102 valence electrons. The topological polar surface area (TPSA) is 53.7 Å². The van der Waals surface area contributed by atoms with Gasteiger partial charge >= 0.3 is 0 Å². The van der Waals surface area contributed by atoms with Crippen molar-refractivity contribution in [3.8, 4) is 11.5 Å². The first-order valence-electron chi connectivity index (χ1n) is 6.32. The summed E-state index contributed by atoms with van der Waals surface area (Å²) in [5.74, 6) is 1.52. The molecule has 0 saturated heterocycles. The molecule has 0 fully saturated rings. The maximum atomic E-state index is 5.85. The predicted octanol–water partition coefficient (Wildman–Crippen LogP) is 2.35. The molecule has 1 atom stereocenters. The van der Waals surface area contributed by atoms with Gasteiger partial charge in [-0.3, -0.25) is 0 Å². The second-order valence-corrected chi connectivity index (χ2v) is 4.13. The fourth-order valence-electron chi connectivity index (χ4n) is 1.60. The molecule has 1 unspecified atom stereocenters. The first-order valence-corrected chi connectivity index (χ1v) is 6.32. The van der Waals surface area contributed by atoms with E-state index in [0.717, 1.165) is 23.5 Å². The SMILES string of the molecule is CCOc1cc(CN)ccc1OC(C)CCOC. The minimum atomic E-state index is 0.0906. The summed E-state index contributed by atoms with van der Waals surface area (Å²) in [4.78, 5) is 0. The van der Waals surface area contributed by atoms with Gasteiger partial charge in [0.2, 0.25) is 0 Å². The summed E-state index contributed by atoms with van der Waals surface area (Å²) in [6.07, 6.45) is 0.939. The highest BCUT2D eigenvalue weighted by Gasteiger charge is 2.10. The van der Waals surface area contributed by atoms with Crippen LogP contribution in [0.25, 0.3) is 0 Å². The lowest BCUT2D eigenvalue weighted by Crippen LogP contribution is -2.15. The van der Waals surface area contributed by atoms with Crippen LogP contribution in [0.1, 0.15) is 25.8 Å². The van der Waals surface area contributed by atoms with Gasteiger partial charge in [0.15, 0.2) is 11.5 Å². The summed E-state index contributed by atoms with van der Waals surface area (Å²) < 4.78 is 16.5. The lowest BCUT2D eigenvalue weighted by Gasteiger charge is -2.17. The monoisotopic (exact) mass is 253 g/mol. The highest BCUT2D eigenvalue weighted by molar-refractivity contribution is 5.43. The standard InChI is InChI=1S/C14H23NO3/c1-4-17-14-9-12(10-15)5-6-13(14)18-11(2)7-8-16-3/h5-6,9,11H,4,7-8,10,15H2,1-3H3. The minimum Gasteiger partial charge on any atom is -0.490 e. The second kappa shape index (κ2) is 7.95. The van der Waals surface area contributed by atoms with E-state index in [1.165, 1.54) is 0 Å². The van der Waals surface area contributed by atoms with Gasteiger partial charge in [-0.15, -0.1) is 0 Å². The first-order chi connectivity index (χ1) is 8.71. The number of benzene rings is 1. The van der Waals surface area contributed by atoms with E-state index >= 15 is 0 Å². The highest BCUT2D eigenvalue weighted by Crippen LogP contribution is 2.29. The Labute approximate surface area is 109 Å². The summed E-state index contributed by atoms with van der Waals surface area (Å²) in [5, 5.41) is 0. The van der Waals surface area contributed by atoms with E-state index in [9.17, 15) is 0 Å². The molecule has 2 N–H and O–H groups in total. The van der Waals surface area contributed by atoms with Crippen LogP contribution in [0.5, 0.6) is 11.5 Å². The van der Waals surface area contributed by atoms with Crippen molar-refractivity contribution in [3.05, 3.63) is 23.8 Å². The van der Waals surface area contributed by atoms with Crippen LogP contribution in [-0.4, -0.2) is 26.4 Å². The molecule has 0 aliphatic carbocycles. The molecule has 1 aromatic carbocycles. The Hall–Kier alpha value is -1.26. The summed E-state index contributed by atoms with van der Waals surface area (Å²) >= 11 is 0. The van der Waals surface area contributed by atoms with Crippen molar-refractivity contribution in [2.24, 2.45) is 5.73 Å². The van der Waals surface area contributed by atoms with E-state index in [0.29, 0.717) is 19.8 Å². The van der Waals surface area contributed by atoms with Crippen LogP contribution in [0.2, 0.25) is 0 Å². The minimum absolute atomic E-state index is 0.0906. The smallest absolute Gasteiger partial charge is 0.161 e. The summed E-state index contributed by atoms with van der Waals surface area (Å²) in [5.41, 5.74) is 6.66. The number of hydrogen-bond acceptors (Lipinski definition) is 4. The van der Waals surface area contributed by atoms with Crippen LogP contribution < -0.4 is 15.2 Å². The lowest BCUT2D eigenvalue weighted by molar-refractivity contribution is 0.132. The van der Waals surface area contributed by atoms with Gasteiger partial charge in [0.25, 0.3) is 0 Å². The fourth-order valence-corrected chi connectivity index (χ4v) is 1.60. The van der Waals surface area contributed by atoms with Crippen LogP contribution in [0, 0.1) is 0 Å². The number of rotatable bonds is 8. The van der Waals surface area contributed by atoms with Crippen LogP contribution in [0.4, 0.5) is 0 Å². The van der Waals surface area contributed by atoms with Crippen LogP contribution in [-0.2, 0) is 11.3 Å². The Balaban J connectivity index is 2.73. The Kier molecular flexibility index (Phi) is 6.54. The molecule has 18 heavy (non-hydrogen) atoms. The molecule has 1 rings (SSSR count). The van der Waals surface area contributed by atoms with E-state index in [1.807, 2.05) is 32.0 Å². The molecule has 0 aliphatic rings. The zero-order valence-corrected chi connectivity index (χ0v) is 11.4. The van der Waals surface area contributed by atoms with Crippen LogP contribution in [0.3, 0.4) is 0 Å². The van der Waals surface area contributed by atoms with E-state index in [4.69, 9.17) is 19.9 Å². The second-order valence-electron chi connectivity index (χ2n) is 4.13. The summed E-state index contributed by atoms with van der Waals surface area (Å²) in [7, 11) is 1.69. The van der Waals surface area contributed by atoms with Crippen molar-refractivity contribution in [1.29, 1.82) is 0 Å². The maximum absolute atomic E-state index is 5.85. The Morgan fingerprint density at radius 1 is 1.28 bits per heavy atom. The largest absolute Gasteiger partial charge is 0.490 e. The van der Waals surface area contributed by atoms with Crippen molar-refractivity contribution in [1.82, 2.24) is 0 Å². The molecule has 0 spiro atoms. The van der Waals surface area contributed by atoms with Gasteiger partial charge in [-0.05, 0) is 31.5 Å².